The first kappa shape index (κ1) is 17.3. The first-order valence-corrected chi connectivity index (χ1v) is 6.96. The normalized spacial score (nSPS) is 21.7. The van der Waals surface area contributed by atoms with Crippen LogP contribution >= 0.6 is 0 Å². The maximum absolute atomic E-state index is 14.2. The molecular formula is C15H18F3N3O2. The minimum atomic E-state index is -3.07. The van der Waals surface area contributed by atoms with Gasteiger partial charge in [0.05, 0.1) is 13.2 Å². The number of amides is 1. The molecule has 0 fully saturated rings. The number of rotatable bonds is 5. The maximum atomic E-state index is 14.2. The highest BCUT2D eigenvalue weighted by Gasteiger charge is 2.34. The largest absolute Gasteiger partial charge is 0.386 e. The first-order chi connectivity index (χ1) is 10.6. The fraction of sp³-hybridized carbons (Fsp3) is 0.467. The molecule has 0 spiro atoms. The third kappa shape index (κ3) is 4.01. The molecule has 0 bridgehead atoms. The van der Waals surface area contributed by atoms with Gasteiger partial charge in [-0.2, -0.15) is 0 Å². The predicted molar refractivity (Wildman–Crippen MR) is 80.2 cm³/mol. The third-order valence-electron chi connectivity index (χ3n) is 3.46. The topological polar surface area (TPSA) is 67.9 Å². The number of nitrogens with two attached hydrogens (primary N) is 1. The molecule has 5 nitrogen and oxygen atoms in total. The van der Waals surface area contributed by atoms with E-state index in [2.05, 4.69) is 4.99 Å². The summed E-state index contributed by atoms with van der Waals surface area (Å²) in [6.45, 7) is 1.77. The molecule has 0 unspecified atom stereocenters. The molecule has 1 aliphatic rings. The predicted octanol–water partition coefficient (Wildman–Crippen LogP) is 2.05. The Labute approximate surface area is 131 Å². The summed E-state index contributed by atoms with van der Waals surface area (Å²) >= 11 is 0. The molecule has 2 rings (SSSR count). The van der Waals surface area contributed by atoms with Crippen molar-refractivity contribution in [3.63, 3.8) is 0 Å². The van der Waals surface area contributed by atoms with E-state index >= 15 is 0 Å². The third-order valence-corrected chi connectivity index (χ3v) is 3.46. The molecule has 0 radical (unpaired) electrons. The molecule has 126 valence electrons. The van der Waals surface area contributed by atoms with Crippen molar-refractivity contribution in [1.29, 1.82) is 0 Å². The number of ether oxygens (including phenoxy) is 1. The van der Waals surface area contributed by atoms with Gasteiger partial charge in [-0.15, -0.1) is 0 Å². The fourth-order valence-electron chi connectivity index (χ4n) is 2.47. The van der Waals surface area contributed by atoms with Gasteiger partial charge in [0, 0.05) is 18.2 Å². The number of nitrogens with zero attached hydrogens (tertiary/aromatic N) is 2. The number of amidine groups is 1. The molecule has 1 aromatic carbocycles. The number of carbonyl (C=O) groups excluding carboxylic acids is 1. The summed E-state index contributed by atoms with van der Waals surface area (Å²) in [7, 11) is 0. The van der Waals surface area contributed by atoms with E-state index < -0.39 is 23.8 Å². The average molecular weight is 329 g/mol. The van der Waals surface area contributed by atoms with Gasteiger partial charge in [0.15, 0.2) is 0 Å². The second kappa shape index (κ2) is 6.19. The number of halogens is 3. The second-order valence-electron chi connectivity index (χ2n) is 5.84. The minimum absolute atomic E-state index is 0.0963. The van der Waals surface area contributed by atoms with Gasteiger partial charge in [-0.1, -0.05) is 0 Å². The Kier molecular flexibility index (Phi) is 4.65. The monoisotopic (exact) mass is 329 g/mol. The quantitative estimate of drug-likeness (QED) is 0.841. The molecule has 2 N–H and O–H groups in total. The summed E-state index contributed by atoms with van der Waals surface area (Å²) in [4.78, 5) is 16.2. The standard InChI is InChI=1S/C15H18F3N3O2/c1-14(8-23-6-13(19)20-14)11-5-10(3-4-12(11)16)21(9-22)7-15(2,17)18/h3-5,9H,6-8H2,1-2H3,(H2,19,20)/t14-/m0/s1. The Morgan fingerprint density at radius 1 is 1.52 bits per heavy atom. The van der Waals surface area contributed by atoms with Gasteiger partial charge in [0.25, 0.3) is 5.92 Å². The van der Waals surface area contributed by atoms with E-state index in [0.29, 0.717) is 6.92 Å². The highest BCUT2D eigenvalue weighted by molar-refractivity contribution is 5.83. The number of hydrogen-bond donors (Lipinski definition) is 1. The van der Waals surface area contributed by atoms with Gasteiger partial charge in [-0.05, 0) is 25.1 Å². The van der Waals surface area contributed by atoms with Gasteiger partial charge >= 0.3 is 0 Å². The Hall–Kier alpha value is -2.09. The number of benzene rings is 1. The lowest BCUT2D eigenvalue weighted by Crippen LogP contribution is -2.38. The van der Waals surface area contributed by atoms with Crippen molar-refractivity contribution in [3.8, 4) is 0 Å². The zero-order valence-electron chi connectivity index (χ0n) is 12.9. The first-order valence-electron chi connectivity index (χ1n) is 6.96. The maximum Gasteiger partial charge on any atom is 0.263 e. The van der Waals surface area contributed by atoms with Crippen molar-refractivity contribution in [1.82, 2.24) is 0 Å². The second-order valence-corrected chi connectivity index (χ2v) is 5.84. The zero-order valence-corrected chi connectivity index (χ0v) is 12.9. The molecule has 1 heterocycles. The van der Waals surface area contributed by atoms with Crippen molar-refractivity contribution in [2.75, 3.05) is 24.7 Å². The van der Waals surface area contributed by atoms with E-state index in [4.69, 9.17) is 10.5 Å². The van der Waals surface area contributed by atoms with Crippen molar-refractivity contribution in [3.05, 3.63) is 29.6 Å². The highest BCUT2D eigenvalue weighted by atomic mass is 19.3. The number of carbonyl (C=O) groups is 1. The lowest BCUT2D eigenvalue weighted by molar-refractivity contribution is -0.108. The van der Waals surface area contributed by atoms with E-state index in [1.54, 1.807) is 6.92 Å². The Bertz CT molecular complexity index is 631. The minimum Gasteiger partial charge on any atom is -0.386 e. The van der Waals surface area contributed by atoms with E-state index in [1.165, 1.54) is 12.1 Å². The van der Waals surface area contributed by atoms with Crippen LogP contribution in [-0.4, -0.2) is 37.9 Å². The molecule has 1 amide bonds. The van der Waals surface area contributed by atoms with Crippen LogP contribution in [0.5, 0.6) is 0 Å². The zero-order chi connectivity index (χ0) is 17.3. The number of alkyl halides is 2. The molecule has 1 aliphatic heterocycles. The van der Waals surface area contributed by atoms with Crippen LogP contribution in [0.25, 0.3) is 0 Å². The van der Waals surface area contributed by atoms with Gasteiger partial charge in [0.1, 0.15) is 23.8 Å². The van der Waals surface area contributed by atoms with Crippen molar-refractivity contribution in [2.45, 2.75) is 25.3 Å². The van der Waals surface area contributed by atoms with Crippen LogP contribution in [0.15, 0.2) is 23.2 Å². The molecule has 1 aromatic rings. The highest BCUT2D eigenvalue weighted by Crippen LogP contribution is 2.33. The van der Waals surface area contributed by atoms with Gasteiger partial charge in [0.2, 0.25) is 6.41 Å². The van der Waals surface area contributed by atoms with Gasteiger partial charge < -0.3 is 15.4 Å². The number of aliphatic imine (C=N–C) groups is 1. The Balaban J connectivity index is 2.43. The Morgan fingerprint density at radius 2 is 2.22 bits per heavy atom. The summed E-state index contributed by atoms with van der Waals surface area (Å²) < 4.78 is 45.8. The SMILES string of the molecule is CC(F)(F)CN(C=O)c1ccc(F)c([C@]2(C)COCC(N)=N2)c1. The van der Waals surface area contributed by atoms with Crippen molar-refractivity contribution in [2.24, 2.45) is 10.7 Å². The van der Waals surface area contributed by atoms with Crippen LogP contribution in [0.4, 0.5) is 18.9 Å². The molecule has 0 saturated heterocycles. The van der Waals surface area contributed by atoms with Gasteiger partial charge in [-0.3, -0.25) is 9.79 Å². The van der Waals surface area contributed by atoms with Crippen LogP contribution in [0.1, 0.15) is 19.4 Å². The lowest BCUT2D eigenvalue weighted by Gasteiger charge is -2.31. The number of anilines is 1. The molecule has 23 heavy (non-hydrogen) atoms. The van der Waals surface area contributed by atoms with Crippen LogP contribution in [0.2, 0.25) is 0 Å². The van der Waals surface area contributed by atoms with E-state index in [0.717, 1.165) is 11.0 Å². The summed E-state index contributed by atoms with van der Waals surface area (Å²) in [6.07, 6.45) is 0.283. The summed E-state index contributed by atoms with van der Waals surface area (Å²) in [6, 6.07) is 3.69. The molecule has 0 aromatic heterocycles. The van der Waals surface area contributed by atoms with Crippen molar-refractivity contribution < 1.29 is 22.7 Å². The fourth-order valence-corrected chi connectivity index (χ4v) is 2.47. The summed E-state index contributed by atoms with van der Waals surface area (Å²) in [5.74, 6) is -3.43. The lowest BCUT2D eigenvalue weighted by atomic mass is 9.91. The summed E-state index contributed by atoms with van der Waals surface area (Å²) in [5, 5.41) is 0. The molecule has 0 aliphatic carbocycles. The van der Waals surface area contributed by atoms with E-state index in [9.17, 15) is 18.0 Å². The summed E-state index contributed by atoms with van der Waals surface area (Å²) in [5.41, 5.74) is 4.84. The molecular weight excluding hydrogens is 311 g/mol. The van der Waals surface area contributed by atoms with E-state index in [1.807, 2.05) is 0 Å². The number of hydrogen-bond acceptors (Lipinski definition) is 4. The van der Waals surface area contributed by atoms with Crippen LogP contribution in [0, 0.1) is 5.82 Å². The van der Waals surface area contributed by atoms with Gasteiger partial charge in [-0.25, -0.2) is 13.2 Å². The van der Waals surface area contributed by atoms with Crippen LogP contribution in [-0.2, 0) is 15.1 Å². The van der Waals surface area contributed by atoms with Crippen LogP contribution in [0.3, 0.4) is 0 Å². The molecule has 0 saturated carbocycles. The average Bonchev–Trinajstić information content (AvgIpc) is 2.44. The molecule has 1 atom stereocenters. The van der Waals surface area contributed by atoms with Crippen LogP contribution < -0.4 is 10.6 Å². The van der Waals surface area contributed by atoms with Crippen molar-refractivity contribution >= 4 is 17.9 Å². The Morgan fingerprint density at radius 3 is 2.78 bits per heavy atom. The van der Waals surface area contributed by atoms with E-state index in [-0.39, 0.29) is 36.7 Å². The smallest absolute Gasteiger partial charge is 0.263 e. The molecule has 8 heteroatoms.